The Kier molecular flexibility index (Phi) is 3.26. The topological polar surface area (TPSA) is 33.5 Å². The number of fused-ring (bicyclic) bond motifs is 1. The van der Waals surface area contributed by atoms with Crippen LogP contribution in [0.5, 0.6) is 0 Å². The first kappa shape index (κ1) is 13.5. The van der Waals surface area contributed by atoms with E-state index in [0.717, 1.165) is 24.2 Å². The summed E-state index contributed by atoms with van der Waals surface area (Å²) in [6, 6.07) is 3.19. The molecule has 110 valence electrons. The highest BCUT2D eigenvalue weighted by Crippen LogP contribution is 2.54. The Balaban J connectivity index is 1.68. The Labute approximate surface area is 114 Å². The molecule has 20 heavy (non-hydrogen) atoms. The minimum absolute atomic E-state index is 0.114. The lowest BCUT2D eigenvalue weighted by molar-refractivity contribution is -0.165. The lowest BCUT2D eigenvalue weighted by Crippen LogP contribution is -2.41. The number of hydrogen-bond donors (Lipinski definition) is 0. The zero-order valence-electron chi connectivity index (χ0n) is 10.9. The van der Waals surface area contributed by atoms with Crippen molar-refractivity contribution in [1.82, 2.24) is 4.90 Å². The Morgan fingerprint density at radius 1 is 1.30 bits per heavy atom. The number of alkyl halides is 3. The van der Waals surface area contributed by atoms with E-state index in [1.54, 1.807) is 12.1 Å². The van der Waals surface area contributed by atoms with E-state index < -0.39 is 12.7 Å². The van der Waals surface area contributed by atoms with Gasteiger partial charge in [0.1, 0.15) is 12.3 Å². The number of furan rings is 1. The molecule has 2 fully saturated rings. The summed E-state index contributed by atoms with van der Waals surface area (Å²) in [5.41, 5.74) is 0. The van der Waals surface area contributed by atoms with Gasteiger partial charge in [-0.15, -0.1) is 0 Å². The number of carbonyl (C=O) groups is 1. The van der Waals surface area contributed by atoms with E-state index in [2.05, 4.69) is 0 Å². The van der Waals surface area contributed by atoms with Crippen LogP contribution in [0.3, 0.4) is 0 Å². The van der Waals surface area contributed by atoms with Gasteiger partial charge in [-0.3, -0.25) is 4.79 Å². The smallest absolute Gasteiger partial charge is 0.406 e. The Bertz CT molecular complexity index is 473. The van der Waals surface area contributed by atoms with Crippen LogP contribution in [0.1, 0.15) is 25.0 Å². The van der Waals surface area contributed by atoms with E-state index in [1.807, 2.05) is 0 Å². The SMILES string of the molecule is O=C(C1CC2CC2C1)N(Cc1ccco1)CC(F)(F)F. The molecule has 1 amide bonds. The van der Waals surface area contributed by atoms with Crippen LogP contribution in [-0.4, -0.2) is 23.5 Å². The molecule has 0 bridgehead atoms. The van der Waals surface area contributed by atoms with Crippen LogP contribution in [0.25, 0.3) is 0 Å². The molecule has 1 heterocycles. The highest BCUT2D eigenvalue weighted by atomic mass is 19.4. The highest BCUT2D eigenvalue weighted by Gasteiger charge is 2.49. The van der Waals surface area contributed by atoms with Crippen molar-refractivity contribution in [3.8, 4) is 0 Å². The summed E-state index contributed by atoms with van der Waals surface area (Å²) >= 11 is 0. The number of carbonyl (C=O) groups excluding carboxylic acids is 1. The van der Waals surface area contributed by atoms with Gasteiger partial charge in [0.2, 0.25) is 5.91 Å². The van der Waals surface area contributed by atoms with E-state index in [-0.39, 0.29) is 18.4 Å². The lowest BCUT2D eigenvalue weighted by Gasteiger charge is -2.26. The fourth-order valence-electron chi connectivity index (χ4n) is 3.19. The predicted molar refractivity (Wildman–Crippen MR) is 64.5 cm³/mol. The fourth-order valence-corrected chi connectivity index (χ4v) is 3.19. The Morgan fingerprint density at radius 2 is 2.00 bits per heavy atom. The van der Waals surface area contributed by atoms with Gasteiger partial charge in [-0.25, -0.2) is 0 Å². The fraction of sp³-hybridized carbons (Fsp3) is 0.643. The van der Waals surface area contributed by atoms with E-state index in [0.29, 0.717) is 17.6 Å². The van der Waals surface area contributed by atoms with Gasteiger partial charge in [0.05, 0.1) is 12.8 Å². The van der Waals surface area contributed by atoms with Crippen molar-refractivity contribution in [3.63, 3.8) is 0 Å². The van der Waals surface area contributed by atoms with E-state index in [1.165, 1.54) is 6.26 Å². The molecule has 3 rings (SSSR count). The van der Waals surface area contributed by atoms with Crippen molar-refractivity contribution in [2.45, 2.75) is 32.0 Å². The molecule has 2 aliphatic carbocycles. The van der Waals surface area contributed by atoms with Crippen LogP contribution in [-0.2, 0) is 11.3 Å². The minimum atomic E-state index is -4.39. The second-order valence-electron chi connectivity index (χ2n) is 5.81. The van der Waals surface area contributed by atoms with Gasteiger partial charge < -0.3 is 9.32 Å². The molecule has 0 N–H and O–H groups in total. The van der Waals surface area contributed by atoms with Crippen LogP contribution in [0, 0.1) is 17.8 Å². The van der Waals surface area contributed by atoms with Gasteiger partial charge >= 0.3 is 6.18 Å². The Morgan fingerprint density at radius 3 is 2.55 bits per heavy atom. The van der Waals surface area contributed by atoms with Gasteiger partial charge in [0, 0.05) is 5.92 Å². The summed E-state index contributed by atoms with van der Waals surface area (Å²) in [5, 5.41) is 0. The molecule has 2 atom stereocenters. The van der Waals surface area contributed by atoms with Crippen molar-refractivity contribution < 1.29 is 22.4 Å². The van der Waals surface area contributed by atoms with Gasteiger partial charge in [-0.05, 0) is 43.2 Å². The lowest BCUT2D eigenvalue weighted by atomic mass is 10.0. The Hall–Kier alpha value is -1.46. The number of hydrogen-bond acceptors (Lipinski definition) is 2. The van der Waals surface area contributed by atoms with E-state index in [9.17, 15) is 18.0 Å². The number of amides is 1. The van der Waals surface area contributed by atoms with Crippen molar-refractivity contribution in [2.75, 3.05) is 6.54 Å². The average Bonchev–Trinajstić information content (AvgIpc) is 2.81. The van der Waals surface area contributed by atoms with Crippen LogP contribution in [0.2, 0.25) is 0 Å². The number of nitrogens with zero attached hydrogens (tertiary/aromatic N) is 1. The first-order chi connectivity index (χ1) is 9.42. The number of halogens is 3. The molecule has 0 aromatic carbocycles. The number of rotatable bonds is 4. The molecule has 0 radical (unpaired) electrons. The van der Waals surface area contributed by atoms with Crippen molar-refractivity contribution >= 4 is 5.91 Å². The van der Waals surface area contributed by atoms with Crippen LogP contribution in [0.4, 0.5) is 13.2 Å². The summed E-state index contributed by atoms with van der Waals surface area (Å²) in [7, 11) is 0. The largest absolute Gasteiger partial charge is 0.467 e. The molecule has 0 spiro atoms. The third kappa shape index (κ3) is 2.99. The summed E-state index contributed by atoms with van der Waals surface area (Å²) in [6.07, 6.45) is -0.354. The molecule has 2 aliphatic rings. The van der Waals surface area contributed by atoms with Crippen LogP contribution < -0.4 is 0 Å². The van der Waals surface area contributed by atoms with E-state index in [4.69, 9.17) is 4.42 Å². The third-order valence-corrected chi connectivity index (χ3v) is 4.20. The van der Waals surface area contributed by atoms with Crippen LogP contribution in [0.15, 0.2) is 22.8 Å². The van der Waals surface area contributed by atoms with Crippen LogP contribution >= 0.6 is 0 Å². The second-order valence-corrected chi connectivity index (χ2v) is 5.81. The van der Waals surface area contributed by atoms with E-state index >= 15 is 0 Å². The zero-order valence-corrected chi connectivity index (χ0v) is 10.9. The van der Waals surface area contributed by atoms with Gasteiger partial charge in [0.15, 0.2) is 0 Å². The molecule has 1 aromatic heterocycles. The second kappa shape index (κ2) is 4.82. The molecule has 1 aromatic rings. The molecule has 0 aliphatic heterocycles. The summed E-state index contributed by atoms with van der Waals surface area (Å²) in [6.45, 7) is -1.32. The maximum atomic E-state index is 12.6. The maximum absolute atomic E-state index is 12.6. The predicted octanol–water partition coefficient (Wildman–Crippen LogP) is 3.22. The monoisotopic (exact) mass is 287 g/mol. The minimum Gasteiger partial charge on any atom is -0.467 e. The first-order valence-corrected chi connectivity index (χ1v) is 6.80. The van der Waals surface area contributed by atoms with Gasteiger partial charge in [-0.2, -0.15) is 13.2 Å². The quantitative estimate of drug-likeness (QED) is 0.852. The van der Waals surface area contributed by atoms with Crippen molar-refractivity contribution in [2.24, 2.45) is 17.8 Å². The van der Waals surface area contributed by atoms with Gasteiger partial charge in [0.25, 0.3) is 0 Å². The molecular weight excluding hydrogens is 271 g/mol. The zero-order chi connectivity index (χ0) is 14.3. The molecule has 6 heteroatoms. The molecular formula is C14H16F3NO2. The molecule has 3 nitrogen and oxygen atoms in total. The molecule has 2 unspecified atom stereocenters. The molecule has 2 saturated carbocycles. The first-order valence-electron chi connectivity index (χ1n) is 6.80. The molecule has 0 saturated heterocycles. The summed E-state index contributed by atoms with van der Waals surface area (Å²) in [5.74, 6) is 0.897. The normalized spacial score (nSPS) is 28.2. The average molecular weight is 287 g/mol. The standard InChI is InChI=1S/C14H16F3NO2/c15-14(16,17)8-18(7-12-2-1-3-20-12)13(19)11-5-9-4-10(9)6-11/h1-3,9-11H,4-8H2. The highest BCUT2D eigenvalue weighted by molar-refractivity contribution is 5.79. The van der Waals surface area contributed by atoms with Crippen molar-refractivity contribution in [1.29, 1.82) is 0 Å². The summed E-state index contributed by atoms with van der Waals surface area (Å²) < 4.78 is 43.0. The third-order valence-electron chi connectivity index (χ3n) is 4.20. The maximum Gasteiger partial charge on any atom is 0.406 e. The summed E-state index contributed by atoms with van der Waals surface area (Å²) in [4.78, 5) is 13.2. The van der Waals surface area contributed by atoms with Crippen molar-refractivity contribution in [3.05, 3.63) is 24.2 Å². The van der Waals surface area contributed by atoms with Gasteiger partial charge in [-0.1, -0.05) is 0 Å².